The number of amides is 3. The molecule has 0 radical (unpaired) electrons. The largest absolute Gasteiger partial charge is 0.491 e. The molecule has 3 N–H and O–H groups in total. The molecular formula is C20H29N5O4. The molecule has 0 spiro atoms. The molecule has 3 atom stereocenters. The van der Waals surface area contributed by atoms with Gasteiger partial charge in [0, 0.05) is 13.6 Å². The molecule has 2 heterocycles. The molecule has 9 heteroatoms. The zero-order chi connectivity index (χ0) is 20.8. The third-order valence-corrected chi connectivity index (χ3v) is 5.04. The number of aliphatic hydroxyl groups is 1. The summed E-state index contributed by atoms with van der Waals surface area (Å²) < 4.78 is 5.63. The summed E-state index contributed by atoms with van der Waals surface area (Å²) in [4.78, 5) is 32.3. The summed E-state index contributed by atoms with van der Waals surface area (Å²) in [5.74, 6) is 0.783. The Kier molecular flexibility index (Phi) is 6.92. The van der Waals surface area contributed by atoms with Crippen molar-refractivity contribution in [3.8, 4) is 5.75 Å². The average molecular weight is 403 g/mol. The number of aliphatic hydroxyl groups excluding tert-OH is 1. The van der Waals surface area contributed by atoms with Gasteiger partial charge in [-0.2, -0.15) is 0 Å². The van der Waals surface area contributed by atoms with Gasteiger partial charge in [0.15, 0.2) is 12.0 Å². The molecule has 2 saturated heterocycles. The maximum Gasteiger partial charge on any atom is 0.325 e. The van der Waals surface area contributed by atoms with E-state index < -0.39 is 30.2 Å². The normalized spacial score (nSPS) is 23.6. The van der Waals surface area contributed by atoms with Gasteiger partial charge >= 0.3 is 6.03 Å². The van der Waals surface area contributed by atoms with E-state index in [0.717, 1.165) is 19.3 Å². The second-order valence-corrected chi connectivity index (χ2v) is 7.28. The van der Waals surface area contributed by atoms with Gasteiger partial charge < -0.3 is 25.0 Å². The second-order valence-electron chi connectivity index (χ2n) is 7.28. The first kappa shape index (κ1) is 20.9. The zero-order valence-corrected chi connectivity index (χ0v) is 16.9. The molecule has 2 aliphatic heterocycles. The highest BCUT2D eigenvalue weighted by atomic mass is 16.5. The Bertz CT molecular complexity index is 742. The van der Waals surface area contributed by atoms with Gasteiger partial charge in [0.2, 0.25) is 0 Å². The average Bonchev–Trinajstić information content (AvgIpc) is 3.07. The number of benzene rings is 1. The summed E-state index contributed by atoms with van der Waals surface area (Å²) in [6.45, 7) is 2.97. The maximum absolute atomic E-state index is 12.5. The molecule has 0 saturated carbocycles. The minimum Gasteiger partial charge on any atom is -0.491 e. The van der Waals surface area contributed by atoms with Crippen molar-refractivity contribution in [2.75, 3.05) is 26.7 Å². The summed E-state index contributed by atoms with van der Waals surface area (Å²) in [6, 6.07) is 8.12. The van der Waals surface area contributed by atoms with E-state index in [1.54, 1.807) is 11.9 Å². The predicted molar refractivity (Wildman–Crippen MR) is 108 cm³/mol. The minimum atomic E-state index is -0.840. The Morgan fingerprint density at radius 2 is 2.00 bits per heavy atom. The Balaban J connectivity index is 1.70. The molecule has 0 aromatic heterocycles. The number of β-amino-alcohol motifs (C(OH)–C–C–N with tert-alkyl or cyclic N) is 1. The lowest BCUT2D eigenvalue weighted by Gasteiger charge is -2.35. The highest BCUT2D eigenvalue weighted by Crippen LogP contribution is 2.21. The fourth-order valence-corrected chi connectivity index (χ4v) is 3.46. The number of hydrogen-bond donors (Lipinski definition) is 3. The van der Waals surface area contributed by atoms with Crippen LogP contribution in [-0.4, -0.2) is 77.9 Å². The van der Waals surface area contributed by atoms with Crippen molar-refractivity contribution in [2.24, 2.45) is 4.99 Å². The monoisotopic (exact) mass is 403 g/mol. The van der Waals surface area contributed by atoms with Crippen LogP contribution >= 0.6 is 0 Å². The summed E-state index contributed by atoms with van der Waals surface area (Å²) >= 11 is 0. The number of para-hydroxylation sites is 1. The van der Waals surface area contributed by atoms with Crippen LogP contribution in [0.3, 0.4) is 0 Å². The van der Waals surface area contributed by atoms with Crippen molar-refractivity contribution in [1.29, 1.82) is 0 Å². The Labute approximate surface area is 170 Å². The number of carbonyl (C=O) groups is 2. The lowest BCUT2D eigenvalue weighted by molar-refractivity contribution is -0.127. The van der Waals surface area contributed by atoms with Crippen molar-refractivity contribution < 1.29 is 19.4 Å². The van der Waals surface area contributed by atoms with Gasteiger partial charge in [0.25, 0.3) is 5.91 Å². The minimum absolute atomic E-state index is 0.0808. The Hall–Kier alpha value is -2.81. The third-order valence-electron chi connectivity index (χ3n) is 5.04. The quantitative estimate of drug-likeness (QED) is 0.526. The first-order chi connectivity index (χ1) is 14.0. The van der Waals surface area contributed by atoms with E-state index in [9.17, 15) is 14.7 Å². The summed E-state index contributed by atoms with van der Waals surface area (Å²) in [7, 11) is 1.62. The fraction of sp³-hybridized carbons (Fsp3) is 0.550. The van der Waals surface area contributed by atoms with Crippen LogP contribution in [0.15, 0.2) is 35.3 Å². The number of hydrogen-bond acceptors (Lipinski definition) is 5. The Morgan fingerprint density at radius 1 is 1.24 bits per heavy atom. The van der Waals surface area contributed by atoms with Gasteiger partial charge in [-0.25, -0.2) is 4.79 Å². The standard InChI is InChI=1S/C20H29N5O4/c1-3-4-8-11-21-19-22-17-16(18(27)23-20(28)24(17)2)25(19)12-14(26)13-29-15-9-6-5-7-10-15/h5-7,9-10,14,16-17,26H,3-4,8,11-13H2,1-2H3,(H,21,22)(H,23,27,28). The number of guanidine groups is 1. The zero-order valence-electron chi connectivity index (χ0n) is 16.9. The van der Waals surface area contributed by atoms with Crippen LogP contribution < -0.4 is 15.4 Å². The molecule has 3 amide bonds. The molecule has 29 heavy (non-hydrogen) atoms. The second kappa shape index (κ2) is 9.60. The number of fused-ring (bicyclic) bond motifs is 1. The van der Waals surface area contributed by atoms with Gasteiger partial charge in [-0.15, -0.1) is 0 Å². The molecule has 0 aliphatic carbocycles. The van der Waals surface area contributed by atoms with Gasteiger partial charge in [-0.05, 0) is 18.6 Å². The SMILES string of the molecule is CCCCCN=C1NC2C(C(=O)NC(=O)N2C)N1CC(O)COc1ccccc1. The van der Waals surface area contributed by atoms with Gasteiger partial charge in [-0.3, -0.25) is 15.1 Å². The van der Waals surface area contributed by atoms with E-state index in [0.29, 0.717) is 18.3 Å². The third kappa shape index (κ3) is 4.97. The molecule has 1 aromatic rings. The van der Waals surface area contributed by atoms with Crippen LogP contribution in [0, 0.1) is 0 Å². The van der Waals surface area contributed by atoms with E-state index in [2.05, 4.69) is 22.5 Å². The van der Waals surface area contributed by atoms with Crippen LogP contribution in [0.1, 0.15) is 26.2 Å². The number of aliphatic imine (C=N–C) groups is 1. The van der Waals surface area contributed by atoms with Crippen LogP contribution in [0.4, 0.5) is 4.79 Å². The number of nitrogens with zero attached hydrogens (tertiary/aromatic N) is 3. The molecule has 2 aliphatic rings. The van der Waals surface area contributed by atoms with Crippen molar-refractivity contribution in [1.82, 2.24) is 20.4 Å². The van der Waals surface area contributed by atoms with E-state index >= 15 is 0 Å². The molecule has 3 rings (SSSR count). The van der Waals surface area contributed by atoms with Crippen molar-refractivity contribution in [3.63, 3.8) is 0 Å². The lowest BCUT2D eigenvalue weighted by atomic mass is 10.1. The number of carbonyl (C=O) groups excluding carboxylic acids is 2. The van der Waals surface area contributed by atoms with Crippen LogP contribution in [-0.2, 0) is 4.79 Å². The molecule has 2 fully saturated rings. The number of imide groups is 1. The molecule has 1 aromatic carbocycles. The highest BCUT2D eigenvalue weighted by molar-refractivity contribution is 6.04. The van der Waals surface area contributed by atoms with Gasteiger partial charge in [-0.1, -0.05) is 38.0 Å². The van der Waals surface area contributed by atoms with Gasteiger partial charge in [0.1, 0.15) is 24.6 Å². The number of rotatable bonds is 9. The summed E-state index contributed by atoms with van der Waals surface area (Å²) in [5, 5.41) is 16.1. The predicted octanol–water partition coefficient (Wildman–Crippen LogP) is 0.754. The van der Waals surface area contributed by atoms with E-state index in [1.807, 2.05) is 30.3 Å². The number of ether oxygens (including phenoxy) is 1. The van der Waals surface area contributed by atoms with E-state index in [1.165, 1.54) is 4.90 Å². The maximum atomic E-state index is 12.5. The molecule has 158 valence electrons. The fourth-order valence-electron chi connectivity index (χ4n) is 3.46. The molecular weight excluding hydrogens is 374 g/mol. The number of nitrogens with one attached hydrogen (secondary N) is 2. The first-order valence-corrected chi connectivity index (χ1v) is 10.0. The first-order valence-electron chi connectivity index (χ1n) is 10.0. The van der Waals surface area contributed by atoms with E-state index in [-0.39, 0.29) is 13.2 Å². The lowest BCUT2D eigenvalue weighted by Crippen LogP contribution is -2.65. The smallest absolute Gasteiger partial charge is 0.325 e. The van der Waals surface area contributed by atoms with Crippen molar-refractivity contribution >= 4 is 17.9 Å². The van der Waals surface area contributed by atoms with E-state index in [4.69, 9.17) is 4.74 Å². The topological polar surface area (TPSA) is 106 Å². The summed E-state index contributed by atoms with van der Waals surface area (Å²) in [5.41, 5.74) is 0. The van der Waals surface area contributed by atoms with Crippen LogP contribution in [0.25, 0.3) is 0 Å². The van der Waals surface area contributed by atoms with Crippen LogP contribution in [0.5, 0.6) is 5.75 Å². The van der Waals surface area contributed by atoms with Crippen LogP contribution in [0.2, 0.25) is 0 Å². The number of likely N-dealkylation sites (N-methyl/N-ethyl adjacent to an activating group) is 1. The van der Waals surface area contributed by atoms with Crippen molar-refractivity contribution in [3.05, 3.63) is 30.3 Å². The number of unbranched alkanes of at least 4 members (excludes halogenated alkanes) is 2. The molecule has 0 bridgehead atoms. The molecule has 9 nitrogen and oxygen atoms in total. The molecule has 3 unspecified atom stereocenters. The summed E-state index contributed by atoms with van der Waals surface area (Å²) in [6.07, 6.45) is 1.72. The Morgan fingerprint density at radius 3 is 2.72 bits per heavy atom. The highest BCUT2D eigenvalue weighted by Gasteiger charge is 2.50. The van der Waals surface area contributed by atoms with Gasteiger partial charge in [0.05, 0.1) is 6.54 Å². The number of urea groups is 1. The van der Waals surface area contributed by atoms with Crippen molar-refractivity contribution in [2.45, 2.75) is 44.5 Å².